The molecule has 0 aliphatic carbocycles. The summed E-state index contributed by atoms with van der Waals surface area (Å²) in [5.41, 5.74) is 2.19. The van der Waals surface area contributed by atoms with Gasteiger partial charge >= 0.3 is 0 Å². The van der Waals surface area contributed by atoms with Crippen molar-refractivity contribution < 1.29 is 14.7 Å². The lowest BCUT2D eigenvalue weighted by Crippen LogP contribution is -2.04. The predicted octanol–water partition coefficient (Wildman–Crippen LogP) is 6.05. The summed E-state index contributed by atoms with van der Waals surface area (Å²) in [6.07, 6.45) is 8.92. The van der Waals surface area contributed by atoms with Gasteiger partial charge in [-0.05, 0) is 55.0 Å². The molecule has 0 radical (unpaired) electrons. The molecule has 2 aromatic carbocycles. The highest BCUT2D eigenvalue weighted by atomic mass is 16.5. The first-order chi connectivity index (χ1) is 13.3. The van der Waals surface area contributed by atoms with Crippen molar-refractivity contribution in [2.24, 2.45) is 5.16 Å². The molecule has 0 aromatic heterocycles. The average Bonchev–Trinajstić information content (AvgIpc) is 2.72. The Hall–Kier alpha value is -2.49. The molecule has 0 spiro atoms. The minimum Gasteiger partial charge on any atom is -0.497 e. The van der Waals surface area contributed by atoms with E-state index in [0.29, 0.717) is 5.71 Å². The smallest absolute Gasteiger partial charge is 0.119 e. The molecular formula is C23H31NO3. The minimum atomic E-state index is 0.524. The summed E-state index contributed by atoms with van der Waals surface area (Å²) in [4.78, 5) is 0. The van der Waals surface area contributed by atoms with Gasteiger partial charge in [0, 0.05) is 11.1 Å². The lowest BCUT2D eigenvalue weighted by Gasteiger charge is -2.09. The third-order valence-corrected chi connectivity index (χ3v) is 4.61. The number of unbranched alkanes of at least 4 members (excludes halogenated alkanes) is 6. The maximum absolute atomic E-state index is 9.43. The topological polar surface area (TPSA) is 51.0 Å². The minimum absolute atomic E-state index is 0.524. The van der Waals surface area contributed by atoms with Crippen molar-refractivity contribution in [3.8, 4) is 11.5 Å². The summed E-state index contributed by atoms with van der Waals surface area (Å²) in [5.74, 6) is 1.61. The summed E-state index contributed by atoms with van der Waals surface area (Å²) < 4.78 is 11.0. The van der Waals surface area contributed by atoms with Gasteiger partial charge in [-0.1, -0.05) is 50.6 Å². The van der Waals surface area contributed by atoms with Crippen molar-refractivity contribution in [3.05, 3.63) is 59.7 Å². The van der Waals surface area contributed by atoms with Gasteiger partial charge in [-0.2, -0.15) is 0 Å². The standard InChI is InChI=1S/C23H31NO3/c1-3-4-5-6-7-8-9-18-27-22-16-12-20(13-17-22)23(24-25)19-10-14-21(26-2)15-11-19/h10-17,25H,3-9,18H2,1-2H3/b24-23+. The van der Waals surface area contributed by atoms with Crippen molar-refractivity contribution in [3.63, 3.8) is 0 Å². The van der Waals surface area contributed by atoms with E-state index in [1.807, 2.05) is 48.5 Å². The SMILES string of the molecule is CCCCCCCCCOc1ccc(/C(=N/O)c2ccc(OC)cc2)cc1. The van der Waals surface area contributed by atoms with Crippen LogP contribution in [0.25, 0.3) is 0 Å². The Morgan fingerprint density at radius 1 is 0.778 bits per heavy atom. The van der Waals surface area contributed by atoms with E-state index in [-0.39, 0.29) is 0 Å². The molecule has 146 valence electrons. The zero-order valence-corrected chi connectivity index (χ0v) is 16.5. The number of hydrogen-bond donors (Lipinski definition) is 1. The molecule has 1 N–H and O–H groups in total. The monoisotopic (exact) mass is 369 g/mol. The van der Waals surface area contributed by atoms with Crippen LogP contribution in [0.15, 0.2) is 53.7 Å². The Morgan fingerprint density at radius 3 is 1.81 bits per heavy atom. The maximum Gasteiger partial charge on any atom is 0.119 e. The third-order valence-electron chi connectivity index (χ3n) is 4.61. The van der Waals surface area contributed by atoms with Crippen LogP contribution in [0.1, 0.15) is 63.0 Å². The number of rotatable bonds is 12. The second kappa shape index (κ2) is 12.0. The molecule has 0 atom stereocenters. The number of oxime groups is 1. The maximum atomic E-state index is 9.43. The van der Waals surface area contributed by atoms with E-state index < -0.39 is 0 Å². The van der Waals surface area contributed by atoms with Gasteiger partial charge in [0.1, 0.15) is 17.2 Å². The number of nitrogens with zero attached hydrogens (tertiary/aromatic N) is 1. The zero-order valence-electron chi connectivity index (χ0n) is 16.5. The predicted molar refractivity (Wildman–Crippen MR) is 110 cm³/mol. The van der Waals surface area contributed by atoms with Gasteiger partial charge in [0.2, 0.25) is 0 Å². The van der Waals surface area contributed by atoms with Crippen LogP contribution in [-0.4, -0.2) is 24.6 Å². The molecule has 0 aliphatic heterocycles. The molecule has 0 heterocycles. The van der Waals surface area contributed by atoms with Crippen molar-refractivity contribution in [2.75, 3.05) is 13.7 Å². The fourth-order valence-electron chi connectivity index (χ4n) is 2.99. The number of hydrogen-bond acceptors (Lipinski definition) is 4. The first kappa shape index (κ1) is 20.8. The van der Waals surface area contributed by atoms with E-state index in [1.54, 1.807) is 7.11 Å². The van der Waals surface area contributed by atoms with Crippen molar-refractivity contribution >= 4 is 5.71 Å². The van der Waals surface area contributed by atoms with Gasteiger partial charge < -0.3 is 14.7 Å². The van der Waals surface area contributed by atoms with Gasteiger partial charge in [0.05, 0.1) is 13.7 Å². The molecule has 4 nitrogen and oxygen atoms in total. The molecule has 0 unspecified atom stereocenters. The van der Waals surface area contributed by atoms with Crippen LogP contribution in [0.5, 0.6) is 11.5 Å². The molecule has 2 rings (SSSR count). The van der Waals surface area contributed by atoms with E-state index in [1.165, 1.54) is 38.5 Å². The summed E-state index contributed by atoms with van der Waals surface area (Å²) in [5, 5.41) is 12.9. The molecule has 0 saturated heterocycles. The molecule has 4 heteroatoms. The first-order valence-corrected chi connectivity index (χ1v) is 9.88. The van der Waals surface area contributed by atoms with Crippen LogP contribution in [-0.2, 0) is 0 Å². The van der Waals surface area contributed by atoms with Crippen LogP contribution in [0.4, 0.5) is 0 Å². The molecule has 0 fully saturated rings. The summed E-state index contributed by atoms with van der Waals surface area (Å²) >= 11 is 0. The molecule has 0 aliphatic rings. The Kier molecular flexibility index (Phi) is 9.25. The summed E-state index contributed by atoms with van der Waals surface area (Å²) in [7, 11) is 1.63. The van der Waals surface area contributed by atoms with Crippen LogP contribution < -0.4 is 9.47 Å². The lowest BCUT2D eigenvalue weighted by molar-refractivity contribution is 0.304. The third kappa shape index (κ3) is 6.97. The molecule has 27 heavy (non-hydrogen) atoms. The first-order valence-electron chi connectivity index (χ1n) is 9.88. The van der Waals surface area contributed by atoms with Gasteiger partial charge in [0.25, 0.3) is 0 Å². The quantitative estimate of drug-likeness (QED) is 0.214. The average molecular weight is 370 g/mol. The fraction of sp³-hybridized carbons (Fsp3) is 0.435. The highest BCUT2D eigenvalue weighted by Crippen LogP contribution is 2.19. The van der Waals surface area contributed by atoms with Gasteiger partial charge in [-0.15, -0.1) is 0 Å². The second-order valence-electron chi connectivity index (χ2n) is 6.67. The Labute approximate surface area is 162 Å². The van der Waals surface area contributed by atoms with Crippen LogP contribution >= 0.6 is 0 Å². The number of methoxy groups -OCH3 is 1. The van der Waals surface area contributed by atoms with Crippen LogP contribution in [0, 0.1) is 0 Å². The van der Waals surface area contributed by atoms with E-state index in [2.05, 4.69) is 12.1 Å². The largest absolute Gasteiger partial charge is 0.497 e. The van der Waals surface area contributed by atoms with Crippen LogP contribution in [0.3, 0.4) is 0 Å². The zero-order chi connectivity index (χ0) is 19.3. The molecule has 0 saturated carbocycles. The number of benzene rings is 2. The van der Waals surface area contributed by atoms with E-state index >= 15 is 0 Å². The second-order valence-corrected chi connectivity index (χ2v) is 6.67. The Bertz CT molecular complexity index is 678. The molecular weight excluding hydrogens is 338 g/mol. The van der Waals surface area contributed by atoms with E-state index in [0.717, 1.165) is 35.7 Å². The summed E-state index contributed by atoms with van der Waals surface area (Å²) in [6.45, 7) is 2.98. The van der Waals surface area contributed by atoms with Gasteiger partial charge in [-0.3, -0.25) is 0 Å². The highest BCUT2D eigenvalue weighted by molar-refractivity contribution is 6.12. The summed E-state index contributed by atoms with van der Waals surface area (Å²) in [6, 6.07) is 15.1. The Morgan fingerprint density at radius 2 is 1.30 bits per heavy atom. The van der Waals surface area contributed by atoms with Gasteiger partial charge in [-0.25, -0.2) is 0 Å². The molecule has 2 aromatic rings. The molecule has 0 amide bonds. The van der Waals surface area contributed by atoms with E-state index in [4.69, 9.17) is 9.47 Å². The highest BCUT2D eigenvalue weighted by Gasteiger charge is 2.08. The number of ether oxygens (including phenoxy) is 2. The lowest BCUT2D eigenvalue weighted by atomic mass is 10.0. The normalized spacial score (nSPS) is 11.4. The molecule has 0 bridgehead atoms. The van der Waals surface area contributed by atoms with Crippen molar-refractivity contribution in [2.45, 2.75) is 51.9 Å². The Balaban J connectivity index is 1.81. The van der Waals surface area contributed by atoms with Crippen molar-refractivity contribution in [1.82, 2.24) is 0 Å². The van der Waals surface area contributed by atoms with Crippen molar-refractivity contribution in [1.29, 1.82) is 0 Å². The fourth-order valence-corrected chi connectivity index (χ4v) is 2.99. The van der Waals surface area contributed by atoms with Crippen LogP contribution in [0.2, 0.25) is 0 Å². The van der Waals surface area contributed by atoms with E-state index in [9.17, 15) is 5.21 Å². The van der Waals surface area contributed by atoms with Gasteiger partial charge in [0.15, 0.2) is 0 Å².